The van der Waals surface area contributed by atoms with E-state index in [0.29, 0.717) is 24.5 Å². The molecule has 6 nitrogen and oxygen atoms in total. The molecule has 8 heteroatoms. The van der Waals surface area contributed by atoms with Crippen molar-refractivity contribution in [2.45, 2.75) is 13.3 Å². The molecule has 0 unspecified atom stereocenters. The van der Waals surface area contributed by atoms with E-state index in [-0.39, 0.29) is 5.75 Å². The molecule has 0 aliphatic rings. The molecule has 0 fully saturated rings. The molecule has 1 aromatic rings. The van der Waals surface area contributed by atoms with Gasteiger partial charge in [0.15, 0.2) is 0 Å². The number of pyridine rings is 1. The van der Waals surface area contributed by atoms with Crippen LogP contribution in [0, 0.1) is 6.92 Å². The van der Waals surface area contributed by atoms with Crippen molar-refractivity contribution in [3.63, 3.8) is 0 Å². The summed E-state index contributed by atoms with van der Waals surface area (Å²) in [5.74, 6) is 0.595. The molecule has 1 heterocycles. The number of primary sulfonamides is 1. The van der Waals surface area contributed by atoms with Crippen LogP contribution in [0.4, 0.5) is 11.5 Å². The minimum absolute atomic E-state index is 0.0500. The number of nitrogens with two attached hydrogens (primary N) is 2. The number of sulfonamides is 1. The third kappa shape index (κ3) is 4.49. The van der Waals surface area contributed by atoms with E-state index in [1.54, 1.807) is 6.20 Å². The minimum Gasteiger partial charge on any atom is -0.397 e. The van der Waals surface area contributed by atoms with Gasteiger partial charge in [-0.1, -0.05) is 0 Å². The Bertz CT molecular complexity index is 504. The summed E-state index contributed by atoms with van der Waals surface area (Å²) in [5, 5.41) is 7.91. The van der Waals surface area contributed by atoms with E-state index in [1.165, 1.54) is 0 Å². The van der Waals surface area contributed by atoms with Gasteiger partial charge in [-0.25, -0.2) is 18.5 Å². The molecule has 1 rings (SSSR count). The van der Waals surface area contributed by atoms with Gasteiger partial charge in [0, 0.05) is 6.54 Å². The Hall–Kier alpha value is -0.860. The lowest BCUT2D eigenvalue weighted by Gasteiger charge is -2.10. The minimum atomic E-state index is -3.40. The number of hydrogen-bond donors (Lipinski definition) is 3. The zero-order chi connectivity index (χ0) is 13.1. The fraction of sp³-hybridized carbons (Fsp3) is 0.444. The number of nitrogens with one attached hydrogen (secondary N) is 1. The van der Waals surface area contributed by atoms with Crippen molar-refractivity contribution in [2.75, 3.05) is 23.3 Å². The highest BCUT2D eigenvalue weighted by atomic mass is 79.9. The standard InChI is InChI=1S/C9H15BrN4O2S/c1-6-7(11)5-14-9(8(6)10)13-3-2-4-17(12,15)16/h5H,2-4,11H2,1H3,(H,13,14)(H2,12,15,16). The van der Waals surface area contributed by atoms with E-state index in [0.717, 1.165) is 10.0 Å². The molecule has 0 saturated heterocycles. The summed E-state index contributed by atoms with van der Waals surface area (Å²) in [6, 6.07) is 0. The lowest BCUT2D eigenvalue weighted by molar-refractivity contribution is 0.595. The highest BCUT2D eigenvalue weighted by molar-refractivity contribution is 9.10. The van der Waals surface area contributed by atoms with Gasteiger partial charge in [-0.15, -0.1) is 0 Å². The summed E-state index contributed by atoms with van der Waals surface area (Å²) in [6.45, 7) is 2.35. The maximum atomic E-state index is 10.7. The molecule has 0 bridgehead atoms. The van der Waals surface area contributed by atoms with Gasteiger partial charge in [0.2, 0.25) is 10.0 Å². The number of aromatic nitrogens is 1. The maximum absolute atomic E-state index is 10.7. The molecule has 1 aromatic heterocycles. The molecule has 0 amide bonds. The Balaban J connectivity index is 2.56. The lowest BCUT2D eigenvalue weighted by atomic mass is 10.2. The van der Waals surface area contributed by atoms with Gasteiger partial charge >= 0.3 is 0 Å². The number of anilines is 2. The smallest absolute Gasteiger partial charge is 0.209 e. The van der Waals surface area contributed by atoms with E-state index in [2.05, 4.69) is 26.2 Å². The monoisotopic (exact) mass is 322 g/mol. The van der Waals surface area contributed by atoms with Crippen LogP contribution in [0.15, 0.2) is 10.7 Å². The number of nitrogens with zero attached hydrogens (tertiary/aromatic N) is 1. The van der Waals surface area contributed by atoms with Crippen molar-refractivity contribution >= 4 is 37.5 Å². The van der Waals surface area contributed by atoms with Crippen molar-refractivity contribution in [3.05, 3.63) is 16.2 Å². The van der Waals surface area contributed by atoms with Crippen LogP contribution in [0.2, 0.25) is 0 Å². The summed E-state index contributed by atoms with van der Waals surface area (Å²) < 4.78 is 22.2. The van der Waals surface area contributed by atoms with Crippen LogP contribution in [0.3, 0.4) is 0 Å². The molecule has 0 atom stereocenters. The van der Waals surface area contributed by atoms with Gasteiger partial charge in [-0.2, -0.15) is 0 Å². The molecule has 0 aliphatic carbocycles. The van der Waals surface area contributed by atoms with Gasteiger partial charge in [-0.05, 0) is 34.8 Å². The third-order valence-corrected chi connectivity index (χ3v) is 4.03. The Labute approximate surface area is 109 Å². The molecule has 0 aromatic carbocycles. The van der Waals surface area contributed by atoms with E-state index in [9.17, 15) is 8.42 Å². The highest BCUT2D eigenvalue weighted by Gasteiger charge is 2.07. The Morgan fingerprint density at radius 1 is 1.53 bits per heavy atom. The van der Waals surface area contributed by atoms with Crippen molar-refractivity contribution in [1.82, 2.24) is 4.98 Å². The van der Waals surface area contributed by atoms with Crippen LogP contribution in [-0.4, -0.2) is 25.7 Å². The van der Waals surface area contributed by atoms with E-state index >= 15 is 0 Å². The van der Waals surface area contributed by atoms with Crippen molar-refractivity contribution in [3.8, 4) is 0 Å². The zero-order valence-corrected chi connectivity index (χ0v) is 11.8. The van der Waals surface area contributed by atoms with Gasteiger partial charge in [-0.3, -0.25) is 0 Å². The molecule has 96 valence electrons. The second kappa shape index (κ2) is 5.65. The summed E-state index contributed by atoms with van der Waals surface area (Å²) in [7, 11) is -3.40. The first-order chi connectivity index (χ1) is 7.81. The summed E-state index contributed by atoms with van der Waals surface area (Å²) >= 11 is 3.37. The summed E-state index contributed by atoms with van der Waals surface area (Å²) in [4.78, 5) is 4.11. The Morgan fingerprint density at radius 2 is 2.18 bits per heavy atom. The van der Waals surface area contributed by atoms with Crippen LogP contribution in [-0.2, 0) is 10.0 Å². The average molecular weight is 323 g/mol. The third-order valence-electron chi connectivity index (χ3n) is 2.20. The lowest BCUT2D eigenvalue weighted by Crippen LogP contribution is -2.19. The normalized spacial score (nSPS) is 11.5. The summed E-state index contributed by atoms with van der Waals surface area (Å²) in [5.41, 5.74) is 7.19. The average Bonchev–Trinajstić information content (AvgIpc) is 2.22. The molecule has 0 saturated carbocycles. The highest BCUT2D eigenvalue weighted by Crippen LogP contribution is 2.27. The molecule has 0 radical (unpaired) electrons. The molecule has 5 N–H and O–H groups in total. The van der Waals surface area contributed by atoms with Crippen molar-refractivity contribution < 1.29 is 8.42 Å². The Kier molecular flexibility index (Phi) is 4.72. The van der Waals surface area contributed by atoms with Gasteiger partial charge in [0.1, 0.15) is 5.82 Å². The SMILES string of the molecule is Cc1c(N)cnc(NCCCS(N)(=O)=O)c1Br. The second-order valence-electron chi connectivity index (χ2n) is 3.65. The van der Waals surface area contributed by atoms with Crippen molar-refractivity contribution in [1.29, 1.82) is 0 Å². The fourth-order valence-corrected chi connectivity index (χ4v) is 2.21. The zero-order valence-electron chi connectivity index (χ0n) is 9.40. The number of halogens is 1. The summed E-state index contributed by atoms with van der Waals surface area (Å²) in [6.07, 6.45) is 1.98. The largest absolute Gasteiger partial charge is 0.397 e. The first kappa shape index (κ1) is 14.2. The van der Waals surface area contributed by atoms with Crippen LogP contribution < -0.4 is 16.2 Å². The molecular formula is C9H15BrN4O2S. The van der Waals surface area contributed by atoms with E-state index < -0.39 is 10.0 Å². The van der Waals surface area contributed by atoms with Crippen LogP contribution in [0.1, 0.15) is 12.0 Å². The first-order valence-corrected chi connectivity index (χ1v) is 7.47. The first-order valence-electron chi connectivity index (χ1n) is 4.96. The topological polar surface area (TPSA) is 111 Å². The van der Waals surface area contributed by atoms with Crippen LogP contribution >= 0.6 is 15.9 Å². The molecule has 17 heavy (non-hydrogen) atoms. The van der Waals surface area contributed by atoms with Gasteiger partial charge < -0.3 is 11.1 Å². The quantitative estimate of drug-likeness (QED) is 0.695. The van der Waals surface area contributed by atoms with Gasteiger partial charge in [0.25, 0.3) is 0 Å². The number of hydrogen-bond acceptors (Lipinski definition) is 5. The molecule has 0 aliphatic heterocycles. The molecular weight excluding hydrogens is 308 g/mol. The van der Waals surface area contributed by atoms with E-state index in [4.69, 9.17) is 10.9 Å². The number of nitrogen functional groups attached to an aromatic ring is 1. The Morgan fingerprint density at radius 3 is 2.76 bits per heavy atom. The predicted octanol–water partition coefficient (Wildman–Crippen LogP) is 0.825. The predicted molar refractivity (Wildman–Crippen MR) is 72.2 cm³/mol. The molecule has 0 spiro atoms. The number of rotatable bonds is 5. The second-order valence-corrected chi connectivity index (χ2v) is 6.18. The fourth-order valence-electron chi connectivity index (χ4n) is 1.20. The van der Waals surface area contributed by atoms with Crippen molar-refractivity contribution in [2.24, 2.45) is 5.14 Å². The van der Waals surface area contributed by atoms with E-state index in [1.807, 2.05) is 6.92 Å². The maximum Gasteiger partial charge on any atom is 0.209 e. The van der Waals surface area contributed by atoms with Gasteiger partial charge in [0.05, 0.1) is 22.1 Å². The van der Waals surface area contributed by atoms with Crippen LogP contribution in [0.5, 0.6) is 0 Å². The van der Waals surface area contributed by atoms with Crippen LogP contribution in [0.25, 0.3) is 0 Å².